The van der Waals surface area contributed by atoms with Gasteiger partial charge >= 0.3 is 0 Å². The number of nitrogens with zero attached hydrogens (tertiary/aromatic N) is 4. The largest absolute Gasteiger partial charge is 0.363 e. The molecule has 3 heterocycles. The molecule has 0 N–H and O–H groups in total. The zero-order valence-electron chi connectivity index (χ0n) is 34.3. The van der Waals surface area contributed by atoms with Gasteiger partial charge in [-0.3, -0.25) is 0 Å². The standard InChI is InChI=1S/C57H42N4/c1-36-52-46-32-31-43(42-27-18-28-44(33-42)57-59-48(38-19-8-4-9-20-38)35-49(60-57)39-21-10-5-11-22-39)34-50(46)61(3)56(41-25-14-7-15-26-41)54(52)37(2)51-45-29-16-17-30-47(45)58-55(53(36)51)40-23-12-6-13-24-40/h4-35,56H,1-3H3. The van der Waals surface area contributed by atoms with Gasteiger partial charge in [0.25, 0.3) is 0 Å². The SMILES string of the molecule is Cc1c2c(c(C)c3c1c(-c1ccccc1)nc1ccccc13)C(c1ccccc1)N(C)c1cc(-c3cccc(-c4nc(-c5ccccc5)cc(-c5ccccc5)n4)c3)ccc1-2. The van der Waals surface area contributed by atoms with E-state index in [0.29, 0.717) is 5.82 Å². The number of anilines is 1. The maximum absolute atomic E-state index is 5.38. The van der Waals surface area contributed by atoms with E-state index in [2.05, 4.69) is 208 Å². The van der Waals surface area contributed by atoms with Crippen LogP contribution in [0.1, 0.15) is 28.3 Å². The van der Waals surface area contributed by atoms with E-state index in [0.717, 1.165) is 56.0 Å². The van der Waals surface area contributed by atoms with Gasteiger partial charge in [-0.15, -0.1) is 0 Å². The summed E-state index contributed by atoms with van der Waals surface area (Å²) in [6.07, 6.45) is 0. The molecule has 1 aliphatic heterocycles. The number of benzene rings is 8. The first-order valence-corrected chi connectivity index (χ1v) is 21.0. The van der Waals surface area contributed by atoms with Crippen LogP contribution in [0, 0.1) is 13.8 Å². The number of hydrogen-bond donors (Lipinski definition) is 0. The molecular formula is C57H42N4. The van der Waals surface area contributed by atoms with Crippen molar-refractivity contribution in [3.63, 3.8) is 0 Å². The van der Waals surface area contributed by atoms with Crippen LogP contribution in [0.4, 0.5) is 5.69 Å². The number of pyridine rings is 1. The van der Waals surface area contributed by atoms with Gasteiger partial charge in [-0.05, 0) is 82.4 Å². The highest BCUT2D eigenvalue weighted by atomic mass is 15.1. The van der Waals surface area contributed by atoms with Crippen LogP contribution in [0.15, 0.2) is 194 Å². The van der Waals surface area contributed by atoms with E-state index in [4.69, 9.17) is 15.0 Å². The number of rotatable bonds is 6. The summed E-state index contributed by atoms with van der Waals surface area (Å²) in [5.74, 6) is 0.698. The Labute approximate surface area is 356 Å². The second kappa shape index (κ2) is 14.8. The predicted molar refractivity (Wildman–Crippen MR) is 254 cm³/mol. The van der Waals surface area contributed by atoms with Crippen molar-refractivity contribution >= 4 is 27.4 Å². The van der Waals surface area contributed by atoms with Crippen molar-refractivity contribution in [3.8, 4) is 67.4 Å². The van der Waals surface area contributed by atoms with E-state index in [1.54, 1.807) is 0 Å². The number of aromatic nitrogens is 3. The molecule has 8 aromatic carbocycles. The third kappa shape index (κ3) is 6.19. The zero-order chi connectivity index (χ0) is 41.0. The van der Waals surface area contributed by atoms with Gasteiger partial charge in [0, 0.05) is 51.3 Å². The minimum Gasteiger partial charge on any atom is -0.363 e. The lowest BCUT2D eigenvalue weighted by atomic mass is 9.76. The summed E-state index contributed by atoms with van der Waals surface area (Å²) in [6, 6.07) is 68.7. The van der Waals surface area contributed by atoms with Crippen LogP contribution in [0.3, 0.4) is 0 Å². The molecular weight excluding hydrogens is 741 g/mol. The predicted octanol–water partition coefficient (Wildman–Crippen LogP) is 14.3. The maximum atomic E-state index is 5.38. The molecule has 4 heteroatoms. The van der Waals surface area contributed by atoms with Crippen LogP contribution in [0.2, 0.25) is 0 Å². The maximum Gasteiger partial charge on any atom is 0.160 e. The summed E-state index contributed by atoms with van der Waals surface area (Å²) in [5.41, 5.74) is 19.2. The van der Waals surface area contributed by atoms with Crippen LogP contribution in [-0.2, 0) is 0 Å². The van der Waals surface area contributed by atoms with Crippen molar-refractivity contribution in [2.45, 2.75) is 19.9 Å². The van der Waals surface area contributed by atoms with Gasteiger partial charge in [0.1, 0.15) is 0 Å². The highest BCUT2D eigenvalue weighted by Gasteiger charge is 2.35. The van der Waals surface area contributed by atoms with Crippen molar-refractivity contribution in [2.24, 2.45) is 0 Å². The zero-order valence-corrected chi connectivity index (χ0v) is 34.3. The summed E-state index contributed by atoms with van der Waals surface area (Å²) < 4.78 is 0. The lowest BCUT2D eigenvalue weighted by Gasteiger charge is -2.41. The molecule has 0 aliphatic carbocycles. The van der Waals surface area contributed by atoms with Crippen LogP contribution in [-0.4, -0.2) is 22.0 Å². The Balaban J connectivity index is 1.11. The van der Waals surface area contributed by atoms with Gasteiger partial charge in [-0.25, -0.2) is 15.0 Å². The Hall–Kier alpha value is -7.69. The van der Waals surface area contributed by atoms with Crippen LogP contribution >= 0.6 is 0 Å². The first-order valence-electron chi connectivity index (χ1n) is 21.0. The summed E-state index contributed by atoms with van der Waals surface area (Å²) in [4.78, 5) is 18.2. The molecule has 4 nitrogen and oxygen atoms in total. The van der Waals surface area contributed by atoms with Crippen molar-refractivity contribution < 1.29 is 0 Å². The van der Waals surface area contributed by atoms with E-state index >= 15 is 0 Å². The molecule has 0 radical (unpaired) electrons. The van der Waals surface area contributed by atoms with Crippen molar-refractivity contribution in [1.29, 1.82) is 0 Å². The van der Waals surface area contributed by atoms with E-state index in [-0.39, 0.29) is 6.04 Å². The second-order valence-electron chi connectivity index (χ2n) is 16.1. The highest BCUT2D eigenvalue weighted by molar-refractivity contribution is 6.16. The van der Waals surface area contributed by atoms with E-state index in [9.17, 15) is 0 Å². The second-order valence-corrected chi connectivity index (χ2v) is 16.1. The normalized spacial score (nSPS) is 13.3. The molecule has 11 rings (SSSR count). The van der Waals surface area contributed by atoms with Crippen molar-refractivity contribution in [3.05, 3.63) is 216 Å². The molecule has 0 fully saturated rings. The monoisotopic (exact) mass is 782 g/mol. The fourth-order valence-electron chi connectivity index (χ4n) is 9.61. The van der Waals surface area contributed by atoms with Gasteiger partial charge < -0.3 is 4.90 Å². The average molecular weight is 783 g/mol. The van der Waals surface area contributed by atoms with Gasteiger partial charge in [0.15, 0.2) is 5.82 Å². The van der Waals surface area contributed by atoms with Crippen LogP contribution < -0.4 is 4.90 Å². The molecule has 1 unspecified atom stereocenters. The van der Waals surface area contributed by atoms with Crippen molar-refractivity contribution in [2.75, 3.05) is 11.9 Å². The van der Waals surface area contributed by atoms with E-state index in [1.165, 1.54) is 55.2 Å². The summed E-state index contributed by atoms with van der Waals surface area (Å²) in [7, 11) is 2.26. The lowest BCUT2D eigenvalue weighted by molar-refractivity contribution is 0.769. The molecule has 2 aromatic heterocycles. The summed E-state index contributed by atoms with van der Waals surface area (Å²) in [5, 5.41) is 3.68. The molecule has 61 heavy (non-hydrogen) atoms. The molecule has 0 spiro atoms. The Bertz CT molecular complexity index is 3210. The topological polar surface area (TPSA) is 41.9 Å². The third-order valence-corrected chi connectivity index (χ3v) is 12.5. The van der Waals surface area contributed by atoms with E-state index < -0.39 is 0 Å². The van der Waals surface area contributed by atoms with Gasteiger partial charge in [-0.2, -0.15) is 0 Å². The van der Waals surface area contributed by atoms with Gasteiger partial charge in [0.2, 0.25) is 0 Å². The molecule has 0 saturated heterocycles. The first kappa shape index (κ1) is 36.4. The quantitative estimate of drug-likeness (QED) is 0.158. The minimum absolute atomic E-state index is 0.00831. The molecule has 1 aliphatic rings. The third-order valence-electron chi connectivity index (χ3n) is 12.5. The number of hydrogen-bond acceptors (Lipinski definition) is 4. The first-order chi connectivity index (χ1) is 30.0. The number of para-hydroxylation sites is 1. The molecule has 1 atom stereocenters. The lowest BCUT2D eigenvalue weighted by Crippen LogP contribution is -2.30. The fourth-order valence-corrected chi connectivity index (χ4v) is 9.61. The molecule has 0 amide bonds. The summed E-state index contributed by atoms with van der Waals surface area (Å²) >= 11 is 0. The fraction of sp³-hybridized carbons (Fsp3) is 0.0702. The Morgan fingerprint density at radius 3 is 1.67 bits per heavy atom. The minimum atomic E-state index is -0.00831. The molecule has 0 saturated carbocycles. The molecule has 0 bridgehead atoms. The number of aryl methyl sites for hydroxylation is 2. The Morgan fingerprint density at radius 1 is 0.443 bits per heavy atom. The number of fused-ring (bicyclic) bond motifs is 6. The van der Waals surface area contributed by atoms with Gasteiger partial charge in [0.05, 0.1) is 28.6 Å². The highest BCUT2D eigenvalue weighted by Crippen LogP contribution is 2.53. The molecule has 290 valence electrons. The Morgan fingerprint density at radius 2 is 1.00 bits per heavy atom. The molecule has 10 aromatic rings. The van der Waals surface area contributed by atoms with Crippen molar-refractivity contribution in [1.82, 2.24) is 15.0 Å². The smallest absolute Gasteiger partial charge is 0.160 e. The van der Waals surface area contributed by atoms with Crippen LogP contribution in [0.5, 0.6) is 0 Å². The van der Waals surface area contributed by atoms with Gasteiger partial charge in [-0.1, -0.05) is 170 Å². The average Bonchev–Trinajstić information content (AvgIpc) is 3.33. The summed E-state index contributed by atoms with van der Waals surface area (Å²) in [6.45, 7) is 4.64. The Kier molecular flexibility index (Phi) is 8.86. The van der Waals surface area contributed by atoms with Crippen LogP contribution in [0.25, 0.3) is 89.1 Å². The van der Waals surface area contributed by atoms with E-state index in [1.807, 2.05) is 12.1 Å².